The van der Waals surface area contributed by atoms with E-state index in [0.29, 0.717) is 0 Å². The maximum absolute atomic E-state index is 2.35. The van der Waals surface area contributed by atoms with Gasteiger partial charge in [0.05, 0.1) is 0 Å². The van der Waals surface area contributed by atoms with Crippen LogP contribution in [0.25, 0.3) is 65.3 Å². The van der Waals surface area contributed by atoms with Crippen LogP contribution in [0.2, 0.25) is 12.1 Å². The molecule has 0 fully saturated rings. The molecule has 0 aliphatic heterocycles. The van der Waals surface area contributed by atoms with Gasteiger partial charge in [-0.2, -0.15) is 12.1 Å². The van der Waals surface area contributed by atoms with Gasteiger partial charge in [0.1, 0.15) is 0 Å². The molecule has 0 aromatic heterocycles. The van der Waals surface area contributed by atoms with Crippen molar-refractivity contribution in [3.05, 3.63) is 156 Å². The molecule has 0 bridgehead atoms. The first-order valence-electron chi connectivity index (χ1n) is 17.7. The van der Waals surface area contributed by atoms with Crippen molar-refractivity contribution in [2.24, 2.45) is 0 Å². The number of halogens is 2. The molecule has 51 heavy (non-hydrogen) atoms. The molecule has 4 heteroatoms. The van der Waals surface area contributed by atoms with Gasteiger partial charge in [-0.05, 0) is 52.9 Å². The molecular formula is C47H46Cl2SiZr-2. The van der Waals surface area contributed by atoms with Crippen molar-refractivity contribution >= 4 is 48.5 Å². The summed E-state index contributed by atoms with van der Waals surface area (Å²) >= 11 is 1.80. The Morgan fingerprint density at radius 2 is 0.941 bits per heavy atom. The van der Waals surface area contributed by atoms with E-state index in [1.54, 1.807) is 23.3 Å². The second-order valence-corrected chi connectivity index (χ2v) is 21.1. The van der Waals surface area contributed by atoms with Gasteiger partial charge in [0.15, 0.2) is 0 Å². The predicted molar refractivity (Wildman–Crippen MR) is 215 cm³/mol. The molecule has 0 unspecified atom stereocenters. The quantitative estimate of drug-likeness (QED) is 0.123. The molecule has 0 atom stereocenters. The standard InChI is InChI=1S/C22H19.C21H17.C4H10Si.2ClH.Zr/c1-3-16-13-18-11-15(2)12-22(21(18)14-16)20-10-6-8-17-7-4-5-9-19(17)20;1-14-10-17-11-15(2)13-21(20(17)12-14)19-9-5-7-16-6-3-4-8-18(16)19;1-3-5-4-2;;;/h4-14H,3H2,1-2H3;3-13H,1-2H3;3-4H2,1-2H3;2*1H;/q2*-1;;;;+2/p-2. The van der Waals surface area contributed by atoms with Crippen LogP contribution in [-0.4, -0.2) is 5.43 Å². The minimum atomic E-state index is 0. The van der Waals surface area contributed by atoms with Gasteiger partial charge in [0, 0.05) is 0 Å². The Kier molecular flexibility index (Phi) is 14.7. The van der Waals surface area contributed by atoms with E-state index < -0.39 is 0 Å². The van der Waals surface area contributed by atoms with Gasteiger partial charge in [0.25, 0.3) is 0 Å². The zero-order valence-corrected chi connectivity index (χ0v) is 35.5. The Hall–Kier alpha value is -3.26. The number of hydrogen-bond donors (Lipinski definition) is 0. The van der Waals surface area contributed by atoms with E-state index in [0.717, 1.165) is 6.42 Å². The summed E-state index contributed by atoms with van der Waals surface area (Å²) in [6, 6.07) is 51.8. The van der Waals surface area contributed by atoms with Crippen LogP contribution in [0.3, 0.4) is 0 Å². The van der Waals surface area contributed by atoms with E-state index in [9.17, 15) is 0 Å². The summed E-state index contributed by atoms with van der Waals surface area (Å²) in [5.41, 5.74) is 11.0. The summed E-state index contributed by atoms with van der Waals surface area (Å²) in [6.45, 7) is 13.4. The molecule has 0 radical (unpaired) electrons. The summed E-state index contributed by atoms with van der Waals surface area (Å²) in [5.74, 6) is 0. The Bertz CT molecular complexity index is 2400. The molecule has 0 aliphatic rings. The first-order chi connectivity index (χ1) is 23.8. The van der Waals surface area contributed by atoms with Crippen LogP contribution in [-0.2, 0) is 29.8 Å². The SMILES string of the molecule is CC[Si](=[Zr+2])CC.CCc1cc2c(-c3cccc4ccccc34)cc(C)cc2[cH-]1.Cc1cc(-c2cccc3ccccc23)c2cc(C)[cH-]c2c1.[Cl-].[Cl-]. The van der Waals surface area contributed by atoms with Crippen molar-refractivity contribution in [1.29, 1.82) is 0 Å². The number of benzene rings is 6. The smallest absolute Gasteiger partial charge is 0.0114 e. The van der Waals surface area contributed by atoms with Crippen LogP contribution in [0.5, 0.6) is 0 Å². The van der Waals surface area contributed by atoms with Crippen LogP contribution < -0.4 is 24.8 Å². The second kappa shape index (κ2) is 18.5. The van der Waals surface area contributed by atoms with Crippen LogP contribution in [0.1, 0.15) is 43.0 Å². The second-order valence-electron chi connectivity index (χ2n) is 13.2. The Labute approximate surface area is 332 Å². The number of fused-ring (bicyclic) bond motifs is 4. The number of hydrogen-bond acceptors (Lipinski definition) is 0. The summed E-state index contributed by atoms with van der Waals surface area (Å²) in [7, 11) is 0. The minimum absolute atomic E-state index is 0. The van der Waals surface area contributed by atoms with Crippen molar-refractivity contribution in [2.45, 2.75) is 60.1 Å². The topological polar surface area (TPSA) is 0 Å². The summed E-state index contributed by atoms with van der Waals surface area (Å²) < 4.78 is 0. The van der Waals surface area contributed by atoms with Crippen molar-refractivity contribution in [3.63, 3.8) is 0 Å². The van der Waals surface area contributed by atoms with E-state index in [2.05, 4.69) is 175 Å². The van der Waals surface area contributed by atoms with Gasteiger partial charge in [-0.3, -0.25) is 0 Å². The number of aryl methyl sites for hydroxylation is 4. The van der Waals surface area contributed by atoms with Gasteiger partial charge >= 0.3 is 54.7 Å². The van der Waals surface area contributed by atoms with Crippen molar-refractivity contribution in [1.82, 2.24) is 0 Å². The normalized spacial score (nSPS) is 10.6. The summed E-state index contributed by atoms with van der Waals surface area (Å²) in [5, 5.41) is 10.7. The Morgan fingerprint density at radius 3 is 1.41 bits per heavy atom. The summed E-state index contributed by atoms with van der Waals surface area (Å²) in [4.78, 5) is 0. The summed E-state index contributed by atoms with van der Waals surface area (Å²) in [6.07, 6.45) is 1.09. The molecule has 8 rings (SSSR count). The number of rotatable bonds is 5. The van der Waals surface area contributed by atoms with Gasteiger partial charge in [0.2, 0.25) is 0 Å². The maximum Gasteiger partial charge on any atom is -0.0114 e. The Balaban J connectivity index is 0.000000192. The molecule has 8 aromatic rings. The molecule has 8 aromatic carbocycles. The van der Waals surface area contributed by atoms with Crippen LogP contribution in [0.15, 0.2) is 133 Å². The molecule has 0 nitrogen and oxygen atoms in total. The molecule has 0 spiro atoms. The zero-order valence-electron chi connectivity index (χ0n) is 30.6. The van der Waals surface area contributed by atoms with E-state index in [4.69, 9.17) is 0 Å². The monoisotopic (exact) mass is 798 g/mol. The molecule has 0 N–H and O–H groups in total. The average molecular weight is 801 g/mol. The average Bonchev–Trinajstić information content (AvgIpc) is 3.72. The van der Waals surface area contributed by atoms with Gasteiger partial charge < -0.3 is 24.8 Å². The fourth-order valence-corrected chi connectivity index (χ4v) is 7.47. The molecule has 258 valence electrons. The minimum Gasteiger partial charge on any atom is -1.00 e. The van der Waals surface area contributed by atoms with E-state index in [1.807, 2.05) is 0 Å². The van der Waals surface area contributed by atoms with Gasteiger partial charge in [-0.25, -0.2) is 0 Å². The first-order valence-corrected chi connectivity index (χ1v) is 23.3. The predicted octanol–water partition coefficient (Wildman–Crippen LogP) is 7.82. The van der Waals surface area contributed by atoms with Crippen molar-refractivity contribution in [3.8, 4) is 22.3 Å². The van der Waals surface area contributed by atoms with Crippen LogP contribution in [0.4, 0.5) is 0 Å². The Morgan fingerprint density at radius 1 is 0.490 bits per heavy atom. The largest absolute Gasteiger partial charge is 1.00 e. The third-order valence-electron chi connectivity index (χ3n) is 9.56. The molecule has 0 saturated heterocycles. The van der Waals surface area contributed by atoms with Crippen LogP contribution in [0, 0.1) is 20.8 Å². The zero-order chi connectivity index (χ0) is 34.5. The third kappa shape index (κ3) is 9.22. The first kappa shape index (κ1) is 40.5. The van der Waals surface area contributed by atoms with E-state index >= 15 is 0 Å². The third-order valence-corrected chi connectivity index (χ3v) is 16.5. The van der Waals surface area contributed by atoms with E-state index in [1.165, 1.54) is 99.7 Å². The van der Waals surface area contributed by atoms with Crippen molar-refractivity contribution in [2.75, 3.05) is 0 Å². The fourth-order valence-electron chi connectivity index (χ4n) is 6.97. The maximum atomic E-state index is 2.35. The van der Waals surface area contributed by atoms with Gasteiger partial charge in [-0.15, -0.1) is 56.9 Å². The molecule has 0 aliphatic carbocycles. The van der Waals surface area contributed by atoms with Crippen LogP contribution >= 0.6 is 0 Å². The molecule has 0 heterocycles. The molecule has 0 saturated carbocycles. The molecule has 0 amide bonds. The fraction of sp³-hybridized carbons (Fsp3) is 0.191. The van der Waals surface area contributed by atoms with Gasteiger partial charge in [-0.1, -0.05) is 133 Å². The van der Waals surface area contributed by atoms with Crippen molar-refractivity contribution < 1.29 is 48.1 Å². The molecular weight excluding hydrogens is 755 g/mol. The van der Waals surface area contributed by atoms with E-state index in [-0.39, 0.29) is 30.2 Å².